The molecule has 1 fully saturated rings. The number of guanidine groups is 1. The van der Waals surface area contributed by atoms with Gasteiger partial charge in [-0.2, -0.15) is 0 Å². The zero-order valence-corrected chi connectivity index (χ0v) is 18.3. The predicted octanol–water partition coefficient (Wildman–Crippen LogP) is 2.35. The number of rotatable bonds is 6. The van der Waals surface area contributed by atoms with Gasteiger partial charge in [-0.1, -0.05) is 29.3 Å². The first kappa shape index (κ1) is 22.2. The van der Waals surface area contributed by atoms with Gasteiger partial charge in [0.2, 0.25) is 0 Å². The van der Waals surface area contributed by atoms with Crippen molar-refractivity contribution in [3.05, 3.63) is 34.9 Å². The van der Waals surface area contributed by atoms with Crippen molar-refractivity contribution in [3.8, 4) is 0 Å². The molecule has 0 aliphatic carbocycles. The fourth-order valence-corrected chi connectivity index (χ4v) is 3.05. The average molecular weight is 460 g/mol. The van der Waals surface area contributed by atoms with Crippen molar-refractivity contribution < 1.29 is 4.74 Å². The summed E-state index contributed by atoms with van der Waals surface area (Å²) in [6, 6.07) is 6.72. The lowest BCUT2D eigenvalue weighted by molar-refractivity contribution is -0.0136. The highest BCUT2D eigenvalue weighted by Crippen LogP contribution is 2.09. The highest BCUT2D eigenvalue weighted by atomic mass is 127. The molecule has 1 saturated heterocycles. The number of aliphatic imine (C=N–C) groups is 1. The highest BCUT2D eigenvalue weighted by Gasteiger charge is 2.17. The second-order valence-corrected chi connectivity index (χ2v) is 6.65. The Morgan fingerprint density at radius 2 is 1.96 bits per heavy atom. The normalized spacial score (nSPS) is 18.6. The quantitative estimate of drug-likeness (QED) is 0.389. The number of likely N-dealkylation sites (N-methyl/N-ethyl adjacent to an activating group) is 1. The molecule has 2 rings (SSSR count). The monoisotopic (exact) mass is 460 g/mol. The van der Waals surface area contributed by atoms with Crippen LogP contribution < -0.4 is 10.6 Å². The first-order valence-corrected chi connectivity index (χ1v) is 8.96. The summed E-state index contributed by atoms with van der Waals surface area (Å²) in [7, 11) is 2.13. The molecule has 25 heavy (non-hydrogen) atoms. The molecule has 2 N–H and O–H groups in total. The minimum absolute atomic E-state index is 0. The highest BCUT2D eigenvalue weighted by molar-refractivity contribution is 14.0. The van der Waals surface area contributed by atoms with Gasteiger partial charge in [0.25, 0.3) is 0 Å². The number of nitrogens with zero attached hydrogens (tertiary/aromatic N) is 2. The van der Waals surface area contributed by atoms with E-state index in [0.29, 0.717) is 6.54 Å². The van der Waals surface area contributed by atoms with Gasteiger partial charge in [0.1, 0.15) is 0 Å². The molecule has 1 unspecified atom stereocenters. The van der Waals surface area contributed by atoms with Gasteiger partial charge < -0.3 is 20.3 Å². The standard InChI is InChI=1S/C19H32N4O.HI/c1-5-20-19(22-13-18-14-23(4)8-9-24-18)21-7-6-17-11-15(2)10-16(3)12-17;/h10-12,18H,5-9,13-14H2,1-4H3,(H2,20,21,22);1H. The summed E-state index contributed by atoms with van der Waals surface area (Å²) in [4.78, 5) is 6.98. The molecule has 0 radical (unpaired) electrons. The number of aryl methyl sites for hydroxylation is 2. The second kappa shape index (κ2) is 11.7. The third-order valence-corrected chi connectivity index (χ3v) is 4.13. The number of morpholine rings is 1. The number of halogens is 1. The molecular weight excluding hydrogens is 427 g/mol. The van der Waals surface area contributed by atoms with Crippen LogP contribution >= 0.6 is 24.0 Å². The molecule has 142 valence electrons. The van der Waals surface area contributed by atoms with Crippen LogP contribution in [0.4, 0.5) is 0 Å². The first-order valence-electron chi connectivity index (χ1n) is 8.96. The molecule has 1 aromatic rings. The number of nitrogens with one attached hydrogen (secondary N) is 2. The molecule has 0 spiro atoms. The van der Waals surface area contributed by atoms with Crippen molar-refractivity contribution in [2.75, 3.05) is 46.4 Å². The topological polar surface area (TPSA) is 48.9 Å². The Hall–Kier alpha value is -0.860. The molecular formula is C19H33IN4O. The van der Waals surface area contributed by atoms with Gasteiger partial charge >= 0.3 is 0 Å². The van der Waals surface area contributed by atoms with E-state index in [4.69, 9.17) is 4.74 Å². The summed E-state index contributed by atoms with van der Waals surface area (Å²) in [5.41, 5.74) is 4.02. The molecule has 5 nitrogen and oxygen atoms in total. The Balaban J connectivity index is 0.00000312. The lowest BCUT2D eigenvalue weighted by Crippen LogP contribution is -2.43. The zero-order chi connectivity index (χ0) is 17.4. The van der Waals surface area contributed by atoms with Crippen LogP contribution in [0.25, 0.3) is 0 Å². The van der Waals surface area contributed by atoms with Gasteiger partial charge in [-0.3, -0.25) is 4.99 Å². The van der Waals surface area contributed by atoms with Gasteiger partial charge in [0.05, 0.1) is 19.3 Å². The first-order chi connectivity index (χ1) is 11.6. The maximum Gasteiger partial charge on any atom is 0.191 e. The summed E-state index contributed by atoms with van der Waals surface area (Å²) in [5, 5.41) is 6.74. The third-order valence-electron chi connectivity index (χ3n) is 4.13. The van der Waals surface area contributed by atoms with Gasteiger partial charge in [0.15, 0.2) is 5.96 Å². The van der Waals surface area contributed by atoms with Crippen molar-refractivity contribution in [3.63, 3.8) is 0 Å². The lowest BCUT2D eigenvalue weighted by atomic mass is 10.1. The number of hydrogen-bond acceptors (Lipinski definition) is 3. The summed E-state index contributed by atoms with van der Waals surface area (Å²) in [6.07, 6.45) is 1.19. The van der Waals surface area contributed by atoms with Crippen molar-refractivity contribution in [1.29, 1.82) is 0 Å². The minimum atomic E-state index is 0. The molecule has 1 atom stereocenters. The Morgan fingerprint density at radius 1 is 1.24 bits per heavy atom. The fraction of sp³-hybridized carbons (Fsp3) is 0.632. The maximum absolute atomic E-state index is 5.77. The Labute approximate surface area is 169 Å². The summed E-state index contributed by atoms with van der Waals surface area (Å²) in [6.45, 7) is 11.6. The second-order valence-electron chi connectivity index (χ2n) is 6.65. The van der Waals surface area contributed by atoms with E-state index < -0.39 is 0 Å². The van der Waals surface area contributed by atoms with Crippen molar-refractivity contribution in [2.45, 2.75) is 33.3 Å². The van der Waals surface area contributed by atoms with E-state index in [1.54, 1.807) is 0 Å². The smallest absolute Gasteiger partial charge is 0.191 e. The van der Waals surface area contributed by atoms with Crippen LogP contribution in [0.2, 0.25) is 0 Å². The summed E-state index contributed by atoms with van der Waals surface area (Å²) < 4.78 is 5.77. The Bertz CT molecular complexity index is 530. The van der Waals surface area contributed by atoms with E-state index in [9.17, 15) is 0 Å². The van der Waals surface area contributed by atoms with Crippen LogP contribution in [0.5, 0.6) is 0 Å². The van der Waals surface area contributed by atoms with E-state index in [1.165, 1.54) is 16.7 Å². The van der Waals surface area contributed by atoms with Crippen LogP contribution in [0.15, 0.2) is 23.2 Å². The van der Waals surface area contributed by atoms with Crippen LogP contribution in [0, 0.1) is 13.8 Å². The van der Waals surface area contributed by atoms with Gasteiger partial charge in [-0.25, -0.2) is 0 Å². The molecule has 1 heterocycles. The van der Waals surface area contributed by atoms with E-state index >= 15 is 0 Å². The average Bonchev–Trinajstić information content (AvgIpc) is 2.52. The number of hydrogen-bond donors (Lipinski definition) is 2. The zero-order valence-electron chi connectivity index (χ0n) is 16.0. The summed E-state index contributed by atoms with van der Waals surface area (Å²) >= 11 is 0. The lowest BCUT2D eigenvalue weighted by Gasteiger charge is -2.29. The molecule has 0 aromatic heterocycles. The van der Waals surface area contributed by atoms with E-state index in [2.05, 4.69) is 66.5 Å². The van der Waals surface area contributed by atoms with E-state index in [0.717, 1.165) is 45.2 Å². The van der Waals surface area contributed by atoms with Crippen molar-refractivity contribution in [1.82, 2.24) is 15.5 Å². The number of ether oxygens (including phenoxy) is 1. The number of benzene rings is 1. The molecule has 1 aliphatic rings. The van der Waals surface area contributed by atoms with Gasteiger partial charge in [-0.15, -0.1) is 24.0 Å². The van der Waals surface area contributed by atoms with Crippen LogP contribution in [-0.4, -0.2) is 63.3 Å². The Morgan fingerprint density at radius 3 is 2.60 bits per heavy atom. The maximum atomic E-state index is 5.77. The Kier molecular flexibility index (Phi) is 10.4. The predicted molar refractivity (Wildman–Crippen MR) is 116 cm³/mol. The molecule has 1 aromatic carbocycles. The van der Waals surface area contributed by atoms with E-state index in [1.807, 2.05) is 0 Å². The van der Waals surface area contributed by atoms with Crippen LogP contribution in [0.3, 0.4) is 0 Å². The molecule has 1 aliphatic heterocycles. The largest absolute Gasteiger partial charge is 0.374 e. The van der Waals surface area contributed by atoms with Crippen molar-refractivity contribution in [2.24, 2.45) is 4.99 Å². The SMILES string of the molecule is CCNC(=NCC1CN(C)CCO1)NCCc1cc(C)cc(C)c1.I. The van der Waals surface area contributed by atoms with Gasteiger partial charge in [0, 0.05) is 26.2 Å². The van der Waals surface area contributed by atoms with Crippen molar-refractivity contribution >= 4 is 29.9 Å². The molecule has 0 amide bonds. The summed E-state index contributed by atoms with van der Waals surface area (Å²) in [5.74, 6) is 0.874. The molecule has 0 bridgehead atoms. The van der Waals surface area contributed by atoms with Crippen LogP contribution in [0.1, 0.15) is 23.6 Å². The minimum Gasteiger partial charge on any atom is -0.374 e. The fourth-order valence-electron chi connectivity index (χ4n) is 3.05. The molecule has 6 heteroatoms. The van der Waals surface area contributed by atoms with Crippen LogP contribution in [-0.2, 0) is 11.2 Å². The third kappa shape index (κ3) is 8.37. The molecule has 0 saturated carbocycles. The van der Waals surface area contributed by atoms with Gasteiger partial charge in [-0.05, 0) is 39.8 Å². The van der Waals surface area contributed by atoms with E-state index in [-0.39, 0.29) is 30.1 Å².